The summed E-state index contributed by atoms with van der Waals surface area (Å²) in [7, 11) is 0. The lowest BCUT2D eigenvalue weighted by Crippen LogP contribution is -2.41. The van der Waals surface area contributed by atoms with Gasteiger partial charge in [-0.05, 0) is 59.7 Å². The number of hydrogen-bond acceptors (Lipinski definition) is 6. The first-order chi connectivity index (χ1) is 15.1. The molecule has 0 aliphatic carbocycles. The van der Waals surface area contributed by atoms with E-state index < -0.39 is 11.7 Å². The Labute approximate surface area is 187 Å². The summed E-state index contributed by atoms with van der Waals surface area (Å²) in [6, 6.07) is 5.35. The minimum Gasteiger partial charge on any atom is -0.463 e. The van der Waals surface area contributed by atoms with Crippen molar-refractivity contribution in [2.24, 2.45) is 0 Å². The highest BCUT2D eigenvalue weighted by Gasteiger charge is 2.22. The second-order valence-electron chi connectivity index (χ2n) is 8.77. The van der Waals surface area contributed by atoms with Gasteiger partial charge in [0.05, 0.1) is 23.4 Å². The molecule has 0 saturated heterocycles. The van der Waals surface area contributed by atoms with Crippen LogP contribution in [0.15, 0.2) is 35.1 Å². The number of ether oxygens (including phenoxy) is 1. The van der Waals surface area contributed by atoms with Gasteiger partial charge in [0.2, 0.25) is 0 Å². The first-order valence-electron chi connectivity index (χ1n) is 10.8. The van der Waals surface area contributed by atoms with Crippen molar-refractivity contribution in [3.8, 4) is 11.5 Å². The van der Waals surface area contributed by atoms with E-state index in [0.29, 0.717) is 41.1 Å². The second-order valence-corrected chi connectivity index (χ2v) is 8.77. The van der Waals surface area contributed by atoms with Crippen molar-refractivity contribution in [1.82, 2.24) is 25.0 Å². The molecule has 0 aliphatic rings. The number of rotatable bonds is 7. The smallest absolute Gasteiger partial charge is 0.410 e. The maximum atomic E-state index is 13.1. The van der Waals surface area contributed by atoms with Crippen LogP contribution in [0.2, 0.25) is 0 Å². The van der Waals surface area contributed by atoms with E-state index in [0.717, 1.165) is 0 Å². The molecule has 0 spiro atoms. The first-order valence-corrected chi connectivity index (χ1v) is 10.8. The molecule has 172 valence electrons. The summed E-state index contributed by atoms with van der Waals surface area (Å²) < 4.78 is 12.7. The van der Waals surface area contributed by atoms with Crippen molar-refractivity contribution in [3.63, 3.8) is 0 Å². The molecule has 3 heterocycles. The molecule has 2 amide bonds. The monoisotopic (exact) mass is 441 g/mol. The lowest BCUT2D eigenvalue weighted by molar-refractivity contribution is 0.0261. The fraction of sp³-hybridized carbons (Fsp3) is 0.478. The Balaban J connectivity index is 1.81. The van der Waals surface area contributed by atoms with Crippen LogP contribution in [-0.2, 0) is 4.74 Å². The average molecular weight is 442 g/mol. The molecule has 9 nitrogen and oxygen atoms in total. The quantitative estimate of drug-likeness (QED) is 0.588. The van der Waals surface area contributed by atoms with Gasteiger partial charge in [0.25, 0.3) is 5.91 Å². The number of pyridine rings is 1. The number of fused-ring (bicyclic) bond motifs is 1. The van der Waals surface area contributed by atoms with Crippen LogP contribution in [0.25, 0.3) is 22.5 Å². The number of likely N-dealkylation sites (N-methyl/N-ethyl adjacent to an activating group) is 1. The number of carbonyl (C=O) groups excluding carboxylic acids is 2. The third kappa shape index (κ3) is 5.27. The van der Waals surface area contributed by atoms with E-state index >= 15 is 0 Å². The number of furan rings is 1. The van der Waals surface area contributed by atoms with Gasteiger partial charge in [-0.3, -0.25) is 4.79 Å². The van der Waals surface area contributed by atoms with Gasteiger partial charge in [-0.25, -0.2) is 14.5 Å². The molecule has 3 rings (SSSR count). The SMILES string of the molecule is CCN(CCNC(=O)c1cc(-c2ccco2)nc2c1cnn2C(C)C)C(=O)OC(C)(C)C. The van der Waals surface area contributed by atoms with Gasteiger partial charge in [0, 0.05) is 25.7 Å². The van der Waals surface area contributed by atoms with Crippen molar-refractivity contribution < 1.29 is 18.7 Å². The molecule has 0 bridgehead atoms. The summed E-state index contributed by atoms with van der Waals surface area (Å²) in [5, 5.41) is 7.97. The van der Waals surface area contributed by atoms with E-state index in [9.17, 15) is 9.59 Å². The van der Waals surface area contributed by atoms with Gasteiger partial charge in [0.1, 0.15) is 11.3 Å². The second kappa shape index (κ2) is 9.42. The summed E-state index contributed by atoms with van der Waals surface area (Å²) >= 11 is 0. The normalized spacial score (nSPS) is 11.7. The Morgan fingerprint density at radius 2 is 2.06 bits per heavy atom. The summed E-state index contributed by atoms with van der Waals surface area (Å²) in [6.07, 6.45) is 2.82. The van der Waals surface area contributed by atoms with Gasteiger partial charge in [-0.1, -0.05) is 0 Å². The molecule has 0 aliphatic heterocycles. The van der Waals surface area contributed by atoms with E-state index in [2.05, 4.69) is 15.4 Å². The molecule has 0 saturated carbocycles. The summed E-state index contributed by atoms with van der Waals surface area (Å²) in [6.45, 7) is 12.4. The molecule has 0 atom stereocenters. The Hall–Kier alpha value is -3.36. The molecule has 0 fully saturated rings. The topological polar surface area (TPSA) is 102 Å². The fourth-order valence-electron chi connectivity index (χ4n) is 3.24. The molecule has 0 unspecified atom stereocenters. The van der Waals surface area contributed by atoms with E-state index in [1.807, 2.05) is 41.5 Å². The maximum absolute atomic E-state index is 13.1. The molecule has 9 heteroatoms. The van der Waals surface area contributed by atoms with Crippen LogP contribution < -0.4 is 5.32 Å². The average Bonchev–Trinajstić information content (AvgIpc) is 3.38. The molecule has 32 heavy (non-hydrogen) atoms. The van der Waals surface area contributed by atoms with Crippen LogP contribution in [-0.4, -0.2) is 56.9 Å². The van der Waals surface area contributed by atoms with Crippen molar-refractivity contribution in [2.45, 2.75) is 53.2 Å². The highest BCUT2D eigenvalue weighted by Crippen LogP contribution is 2.26. The summed E-state index contributed by atoms with van der Waals surface area (Å²) in [5.74, 6) is 0.299. The van der Waals surface area contributed by atoms with Crippen LogP contribution in [0.1, 0.15) is 57.9 Å². The summed E-state index contributed by atoms with van der Waals surface area (Å²) in [5.41, 5.74) is 1.05. The van der Waals surface area contributed by atoms with Gasteiger partial charge in [-0.15, -0.1) is 0 Å². The largest absolute Gasteiger partial charge is 0.463 e. The van der Waals surface area contributed by atoms with Gasteiger partial charge < -0.3 is 19.4 Å². The molecule has 0 aromatic carbocycles. The van der Waals surface area contributed by atoms with E-state index in [4.69, 9.17) is 9.15 Å². The van der Waals surface area contributed by atoms with Gasteiger partial charge in [-0.2, -0.15) is 5.10 Å². The zero-order valence-corrected chi connectivity index (χ0v) is 19.5. The zero-order valence-electron chi connectivity index (χ0n) is 19.5. The maximum Gasteiger partial charge on any atom is 0.410 e. The molecule has 1 N–H and O–H groups in total. The third-order valence-corrected chi connectivity index (χ3v) is 4.77. The van der Waals surface area contributed by atoms with Crippen molar-refractivity contribution in [2.75, 3.05) is 19.6 Å². The Kier molecular flexibility index (Phi) is 6.86. The third-order valence-electron chi connectivity index (χ3n) is 4.77. The zero-order chi connectivity index (χ0) is 23.5. The van der Waals surface area contributed by atoms with Crippen LogP contribution in [0.3, 0.4) is 0 Å². The Morgan fingerprint density at radius 1 is 1.31 bits per heavy atom. The van der Waals surface area contributed by atoms with Crippen LogP contribution in [0.4, 0.5) is 4.79 Å². The fourth-order valence-corrected chi connectivity index (χ4v) is 3.24. The van der Waals surface area contributed by atoms with Crippen molar-refractivity contribution in [1.29, 1.82) is 0 Å². The van der Waals surface area contributed by atoms with E-state index in [1.165, 1.54) is 0 Å². The molecule has 0 radical (unpaired) electrons. The Morgan fingerprint density at radius 3 is 2.66 bits per heavy atom. The molecule has 3 aromatic heterocycles. The number of carbonyl (C=O) groups is 2. The minimum absolute atomic E-state index is 0.0784. The number of nitrogens with zero attached hydrogens (tertiary/aromatic N) is 4. The van der Waals surface area contributed by atoms with Crippen LogP contribution in [0, 0.1) is 0 Å². The van der Waals surface area contributed by atoms with Crippen LogP contribution >= 0.6 is 0 Å². The first kappa shape index (κ1) is 23.3. The molecular formula is C23H31N5O4. The van der Waals surface area contributed by atoms with Gasteiger partial charge >= 0.3 is 6.09 Å². The lowest BCUT2D eigenvalue weighted by atomic mass is 10.1. The minimum atomic E-state index is -0.574. The highest BCUT2D eigenvalue weighted by molar-refractivity contribution is 6.06. The Bertz CT molecular complexity index is 1080. The number of aromatic nitrogens is 3. The number of hydrogen-bond donors (Lipinski definition) is 1. The number of amides is 2. The number of nitrogens with one attached hydrogen (secondary N) is 1. The molecule has 3 aromatic rings. The standard InChI is InChI=1S/C23H31N5O4/c1-7-27(22(30)32-23(4,5)6)11-10-24-21(29)16-13-18(19-9-8-12-31-19)26-20-17(16)14-25-28(20)15(2)3/h8-9,12-15H,7,10-11H2,1-6H3,(H,24,29). The van der Waals surface area contributed by atoms with Gasteiger partial charge in [0.15, 0.2) is 11.4 Å². The predicted molar refractivity (Wildman–Crippen MR) is 121 cm³/mol. The lowest BCUT2D eigenvalue weighted by Gasteiger charge is -2.26. The van der Waals surface area contributed by atoms with E-state index in [1.54, 1.807) is 40.2 Å². The highest BCUT2D eigenvalue weighted by atomic mass is 16.6. The van der Waals surface area contributed by atoms with E-state index in [-0.39, 0.29) is 18.5 Å². The predicted octanol–water partition coefficient (Wildman–Crippen LogP) is 4.26. The summed E-state index contributed by atoms with van der Waals surface area (Å²) in [4.78, 5) is 31.6. The van der Waals surface area contributed by atoms with Crippen molar-refractivity contribution in [3.05, 3.63) is 36.2 Å². The van der Waals surface area contributed by atoms with Crippen molar-refractivity contribution >= 4 is 23.0 Å². The molecular weight excluding hydrogens is 410 g/mol. The van der Waals surface area contributed by atoms with Crippen LogP contribution in [0.5, 0.6) is 0 Å².